The molecule has 2 heteroatoms. The van der Waals surface area contributed by atoms with Crippen LogP contribution in [0.15, 0.2) is 48.5 Å². The molecule has 2 nitrogen and oxygen atoms in total. The van der Waals surface area contributed by atoms with Gasteiger partial charge in [0.2, 0.25) is 0 Å². The zero-order chi connectivity index (χ0) is 10.4. The molecule has 14 heavy (non-hydrogen) atoms. The molecule has 0 bridgehead atoms. The Morgan fingerprint density at radius 2 is 1.14 bits per heavy atom. The van der Waals surface area contributed by atoms with Gasteiger partial charge in [-0.3, -0.25) is 4.79 Å². The number of aliphatic carboxylic acids is 1. The molecule has 2 rings (SSSR count). The highest BCUT2D eigenvalue weighted by molar-refractivity contribution is 5.81. The molecule has 0 aromatic heterocycles. The first kappa shape index (κ1) is 10.3. The summed E-state index contributed by atoms with van der Waals surface area (Å²) >= 11 is 0. The molecule has 0 unspecified atom stereocenters. The molecule has 0 saturated carbocycles. The minimum atomic E-state index is -0.833. The van der Waals surface area contributed by atoms with Gasteiger partial charge in [-0.25, -0.2) is 0 Å². The standard InChI is InChI=1S/C10H8.C2H4O2/c1-2-6-10-8-4-3-7-9(10)5-1;1-2(3)4/h1-8H;1H3,(H,3,4). The predicted molar refractivity (Wildman–Crippen MR) is 57.3 cm³/mol. The lowest BCUT2D eigenvalue weighted by atomic mass is 10.1. The number of carboxylic acid groups (broad SMARTS) is 1. The Balaban J connectivity index is 0.000000213. The van der Waals surface area contributed by atoms with Gasteiger partial charge in [0.15, 0.2) is 0 Å². The van der Waals surface area contributed by atoms with E-state index in [1.54, 1.807) is 0 Å². The molecule has 0 aliphatic rings. The van der Waals surface area contributed by atoms with Crippen LogP contribution >= 0.6 is 0 Å². The third-order valence-corrected chi connectivity index (χ3v) is 1.66. The van der Waals surface area contributed by atoms with E-state index < -0.39 is 5.97 Å². The van der Waals surface area contributed by atoms with E-state index in [9.17, 15) is 0 Å². The van der Waals surface area contributed by atoms with E-state index in [1.807, 2.05) is 0 Å². The van der Waals surface area contributed by atoms with Crippen molar-refractivity contribution in [2.24, 2.45) is 0 Å². The summed E-state index contributed by atoms with van der Waals surface area (Å²) in [5.74, 6) is -0.833. The Morgan fingerprint density at radius 1 is 0.929 bits per heavy atom. The van der Waals surface area contributed by atoms with Crippen molar-refractivity contribution < 1.29 is 9.90 Å². The van der Waals surface area contributed by atoms with Crippen LogP contribution in [0.3, 0.4) is 0 Å². The Kier molecular flexibility index (Phi) is 3.68. The van der Waals surface area contributed by atoms with Crippen LogP contribution in [0.4, 0.5) is 0 Å². The quantitative estimate of drug-likeness (QED) is 0.690. The van der Waals surface area contributed by atoms with Gasteiger partial charge in [-0.2, -0.15) is 0 Å². The van der Waals surface area contributed by atoms with E-state index >= 15 is 0 Å². The van der Waals surface area contributed by atoms with Gasteiger partial charge < -0.3 is 5.11 Å². The fraction of sp³-hybridized carbons (Fsp3) is 0.0833. The van der Waals surface area contributed by atoms with Crippen LogP contribution in [0.5, 0.6) is 0 Å². The lowest BCUT2D eigenvalue weighted by molar-refractivity contribution is -0.134. The van der Waals surface area contributed by atoms with Crippen molar-refractivity contribution in [1.29, 1.82) is 0 Å². The number of fused-ring (bicyclic) bond motifs is 1. The van der Waals surface area contributed by atoms with Crippen LogP contribution in [0.25, 0.3) is 10.8 Å². The molecule has 2 aromatic rings. The Morgan fingerprint density at radius 3 is 1.36 bits per heavy atom. The second kappa shape index (κ2) is 5.02. The molecule has 0 amide bonds. The zero-order valence-corrected chi connectivity index (χ0v) is 7.97. The molecule has 0 radical (unpaired) electrons. The highest BCUT2D eigenvalue weighted by Gasteiger charge is 1.85. The number of hydrogen-bond donors (Lipinski definition) is 1. The first-order valence-corrected chi connectivity index (χ1v) is 4.33. The van der Waals surface area contributed by atoms with Gasteiger partial charge in [0.1, 0.15) is 0 Å². The van der Waals surface area contributed by atoms with Gasteiger partial charge in [0.05, 0.1) is 0 Å². The maximum atomic E-state index is 9.00. The van der Waals surface area contributed by atoms with Crippen molar-refractivity contribution >= 4 is 16.7 Å². The Bertz CT molecular complexity index is 352. The lowest BCUT2D eigenvalue weighted by Gasteiger charge is -1.92. The second-order valence-electron chi connectivity index (χ2n) is 2.87. The predicted octanol–water partition coefficient (Wildman–Crippen LogP) is 2.93. The second-order valence-corrected chi connectivity index (χ2v) is 2.87. The molecule has 0 aliphatic carbocycles. The van der Waals surface area contributed by atoms with Crippen LogP contribution < -0.4 is 0 Å². The topological polar surface area (TPSA) is 37.3 Å². The maximum Gasteiger partial charge on any atom is 0.300 e. The zero-order valence-electron chi connectivity index (χ0n) is 7.97. The number of carboxylic acids is 1. The average molecular weight is 188 g/mol. The van der Waals surface area contributed by atoms with Crippen LogP contribution in [-0.2, 0) is 4.79 Å². The smallest absolute Gasteiger partial charge is 0.300 e. The number of benzene rings is 2. The van der Waals surface area contributed by atoms with Crippen LogP contribution in [-0.4, -0.2) is 11.1 Å². The SMILES string of the molecule is CC(=O)O.c1ccc2ccccc2c1. The number of rotatable bonds is 0. The van der Waals surface area contributed by atoms with Crippen molar-refractivity contribution in [2.45, 2.75) is 6.92 Å². The third kappa shape index (κ3) is 3.27. The van der Waals surface area contributed by atoms with Gasteiger partial charge in [0.25, 0.3) is 5.97 Å². The van der Waals surface area contributed by atoms with Gasteiger partial charge >= 0.3 is 0 Å². The molecule has 2 aromatic carbocycles. The summed E-state index contributed by atoms with van der Waals surface area (Å²) in [5, 5.41) is 10.0. The van der Waals surface area contributed by atoms with Crippen molar-refractivity contribution in [3.05, 3.63) is 48.5 Å². The van der Waals surface area contributed by atoms with Crippen molar-refractivity contribution in [1.82, 2.24) is 0 Å². The number of carbonyl (C=O) groups is 1. The summed E-state index contributed by atoms with van der Waals surface area (Å²) in [5.41, 5.74) is 0. The van der Waals surface area contributed by atoms with Crippen molar-refractivity contribution in [3.8, 4) is 0 Å². The summed E-state index contributed by atoms with van der Waals surface area (Å²) in [4.78, 5) is 9.00. The summed E-state index contributed by atoms with van der Waals surface area (Å²) in [6, 6.07) is 16.7. The van der Waals surface area contributed by atoms with E-state index in [4.69, 9.17) is 9.90 Å². The monoisotopic (exact) mass is 188 g/mol. The molecule has 0 saturated heterocycles. The molecule has 0 atom stereocenters. The Hall–Kier alpha value is -1.83. The lowest BCUT2D eigenvalue weighted by Crippen LogP contribution is -1.78. The summed E-state index contributed by atoms with van der Waals surface area (Å²) < 4.78 is 0. The minimum Gasteiger partial charge on any atom is -0.481 e. The molecule has 0 heterocycles. The van der Waals surface area contributed by atoms with Crippen LogP contribution in [0, 0.1) is 0 Å². The summed E-state index contributed by atoms with van der Waals surface area (Å²) in [6.45, 7) is 1.08. The van der Waals surface area contributed by atoms with Gasteiger partial charge in [-0.15, -0.1) is 0 Å². The van der Waals surface area contributed by atoms with E-state index in [1.165, 1.54) is 10.8 Å². The fourth-order valence-corrected chi connectivity index (χ4v) is 1.13. The number of hydrogen-bond acceptors (Lipinski definition) is 1. The summed E-state index contributed by atoms with van der Waals surface area (Å²) in [6.07, 6.45) is 0. The summed E-state index contributed by atoms with van der Waals surface area (Å²) in [7, 11) is 0. The maximum absolute atomic E-state index is 9.00. The minimum absolute atomic E-state index is 0.833. The van der Waals surface area contributed by atoms with Gasteiger partial charge in [-0.05, 0) is 10.8 Å². The van der Waals surface area contributed by atoms with Crippen LogP contribution in [0.1, 0.15) is 6.92 Å². The van der Waals surface area contributed by atoms with E-state index in [-0.39, 0.29) is 0 Å². The van der Waals surface area contributed by atoms with Gasteiger partial charge in [-0.1, -0.05) is 48.5 Å². The van der Waals surface area contributed by atoms with Crippen molar-refractivity contribution in [2.75, 3.05) is 0 Å². The van der Waals surface area contributed by atoms with E-state index in [2.05, 4.69) is 48.5 Å². The third-order valence-electron chi connectivity index (χ3n) is 1.66. The van der Waals surface area contributed by atoms with Gasteiger partial charge in [0, 0.05) is 6.92 Å². The first-order chi connectivity index (χ1) is 6.70. The normalized spacial score (nSPS) is 8.93. The molecular formula is C12H12O2. The Labute approximate surface area is 82.8 Å². The molecule has 0 fully saturated rings. The fourth-order valence-electron chi connectivity index (χ4n) is 1.13. The largest absolute Gasteiger partial charge is 0.481 e. The van der Waals surface area contributed by atoms with E-state index in [0.717, 1.165) is 6.92 Å². The highest BCUT2D eigenvalue weighted by atomic mass is 16.4. The highest BCUT2D eigenvalue weighted by Crippen LogP contribution is 2.11. The average Bonchev–Trinajstić information content (AvgIpc) is 2.17. The first-order valence-electron chi connectivity index (χ1n) is 4.33. The molecule has 0 aliphatic heterocycles. The van der Waals surface area contributed by atoms with E-state index in [0.29, 0.717) is 0 Å². The van der Waals surface area contributed by atoms with Crippen molar-refractivity contribution in [3.63, 3.8) is 0 Å². The molecule has 0 spiro atoms. The molecule has 1 N–H and O–H groups in total. The van der Waals surface area contributed by atoms with Crippen LogP contribution in [0.2, 0.25) is 0 Å². The molecular weight excluding hydrogens is 176 g/mol. The molecule has 72 valence electrons.